The van der Waals surface area contributed by atoms with E-state index in [2.05, 4.69) is 27.6 Å². The van der Waals surface area contributed by atoms with Crippen LogP contribution in [0.1, 0.15) is 43.5 Å². The number of nitrogens with one attached hydrogen (secondary N) is 1. The van der Waals surface area contributed by atoms with Gasteiger partial charge in [-0.05, 0) is 18.4 Å². The Kier molecular flexibility index (Phi) is 3.77. The highest BCUT2D eigenvalue weighted by molar-refractivity contribution is 5.24. The molecule has 1 aromatic heterocycles. The molecule has 0 spiro atoms. The van der Waals surface area contributed by atoms with E-state index in [4.69, 9.17) is 4.52 Å². The highest BCUT2D eigenvalue weighted by atomic mass is 16.5. The third-order valence-corrected chi connectivity index (χ3v) is 3.61. The Hall–Kier alpha value is -1.84. The van der Waals surface area contributed by atoms with Crippen LogP contribution < -0.4 is 5.32 Å². The number of hydrogen-bond acceptors (Lipinski definition) is 4. The topological polar surface area (TPSA) is 51.0 Å². The van der Waals surface area contributed by atoms with Gasteiger partial charge in [-0.15, -0.1) is 0 Å². The Labute approximate surface area is 113 Å². The lowest BCUT2D eigenvalue weighted by Gasteiger charge is -2.21. The molecule has 100 valence electrons. The van der Waals surface area contributed by atoms with E-state index in [0.717, 1.165) is 12.2 Å². The molecule has 0 saturated heterocycles. The van der Waals surface area contributed by atoms with Crippen molar-refractivity contribution in [2.24, 2.45) is 0 Å². The third kappa shape index (κ3) is 3.34. The SMILES string of the molecule is c1ccc(Cc2noc(NC3CCCCC3)n2)cc1. The van der Waals surface area contributed by atoms with Gasteiger partial charge in [0, 0.05) is 12.5 Å². The fraction of sp³-hybridized carbons (Fsp3) is 0.467. The first-order chi connectivity index (χ1) is 9.40. The number of rotatable bonds is 4. The molecule has 0 bridgehead atoms. The maximum atomic E-state index is 5.27. The largest absolute Gasteiger partial charge is 0.335 e. The number of nitrogens with zero attached hydrogens (tertiary/aromatic N) is 2. The second-order valence-electron chi connectivity index (χ2n) is 5.16. The van der Waals surface area contributed by atoms with Crippen LogP contribution in [0, 0.1) is 0 Å². The van der Waals surface area contributed by atoms with Gasteiger partial charge < -0.3 is 9.84 Å². The monoisotopic (exact) mass is 257 g/mol. The zero-order valence-corrected chi connectivity index (χ0v) is 11.0. The molecule has 0 amide bonds. The summed E-state index contributed by atoms with van der Waals surface area (Å²) in [6.45, 7) is 0. The second kappa shape index (κ2) is 5.87. The minimum atomic E-state index is 0.499. The normalized spacial score (nSPS) is 16.4. The molecule has 1 aliphatic rings. The van der Waals surface area contributed by atoms with Crippen molar-refractivity contribution in [3.63, 3.8) is 0 Å². The summed E-state index contributed by atoms with van der Waals surface area (Å²) >= 11 is 0. The lowest BCUT2D eigenvalue weighted by molar-refractivity contribution is 0.403. The van der Waals surface area contributed by atoms with E-state index in [1.54, 1.807) is 0 Å². The van der Waals surface area contributed by atoms with E-state index in [1.165, 1.54) is 37.7 Å². The summed E-state index contributed by atoms with van der Waals surface area (Å²) in [4.78, 5) is 4.41. The molecule has 1 fully saturated rings. The first-order valence-corrected chi connectivity index (χ1v) is 7.03. The quantitative estimate of drug-likeness (QED) is 0.912. The predicted molar refractivity (Wildman–Crippen MR) is 74.0 cm³/mol. The predicted octanol–water partition coefficient (Wildman–Crippen LogP) is 3.41. The van der Waals surface area contributed by atoms with E-state index < -0.39 is 0 Å². The fourth-order valence-corrected chi connectivity index (χ4v) is 2.58. The van der Waals surface area contributed by atoms with Gasteiger partial charge in [-0.25, -0.2) is 0 Å². The van der Waals surface area contributed by atoms with Gasteiger partial charge in [0.05, 0.1) is 0 Å². The highest BCUT2D eigenvalue weighted by Gasteiger charge is 2.16. The maximum absolute atomic E-state index is 5.27. The fourth-order valence-electron chi connectivity index (χ4n) is 2.58. The number of hydrogen-bond donors (Lipinski definition) is 1. The average molecular weight is 257 g/mol. The van der Waals surface area contributed by atoms with E-state index >= 15 is 0 Å². The Balaban J connectivity index is 1.59. The average Bonchev–Trinajstić information content (AvgIpc) is 2.88. The van der Waals surface area contributed by atoms with E-state index in [9.17, 15) is 0 Å². The molecule has 1 heterocycles. The first kappa shape index (κ1) is 12.2. The van der Waals surface area contributed by atoms with Gasteiger partial charge in [-0.1, -0.05) is 54.8 Å². The van der Waals surface area contributed by atoms with Crippen molar-refractivity contribution in [2.75, 3.05) is 5.32 Å². The van der Waals surface area contributed by atoms with Crippen LogP contribution in [0.25, 0.3) is 0 Å². The lowest BCUT2D eigenvalue weighted by atomic mass is 9.96. The van der Waals surface area contributed by atoms with Crippen molar-refractivity contribution in [3.05, 3.63) is 41.7 Å². The van der Waals surface area contributed by atoms with E-state index in [0.29, 0.717) is 12.1 Å². The van der Waals surface area contributed by atoms with Crippen molar-refractivity contribution >= 4 is 6.01 Å². The minimum Gasteiger partial charge on any atom is -0.335 e. The molecule has 0 aliphatic heterocycles. The molecular weight excluding hydrogens is 238 g/mol. The summed E-state index contributed by atoms with van der Waals surface area (Å²) in [7, 11) is 0. The van der Waals surface area contributed by atoms with Gasteiger partial charge in [0.2, 0.25) is 0 Å². The molecule has 0 radical (unpaired) electrons. The molecular formula is C15H19N3O. The molecule has 0 unspecified atom stereocenters. The van der Waals surface area contributed by atoms with Gasteiger partial charge in [0.25, 0.3) is 0 Å². The smallest absolute Gasteiger partial charge is 0.321 e. The van der Waals surface area contributed by atoms with E-state index in [1.807, 2.05) is 18.2 Å². The number of anilines is 1. The van der Waals surface area contributed by atoms with Crippen molar-refractivity contribution in [1.82, 2.24) is 10.1 Å². The van der Waals surface area contributed by atoms with E-state index in [-0.39, 0.29) is 0 Å². The summed E-state index contributed by atoms with van der Waals surface area (Å²) in [5.74, 6) is 0.740. The Morgan fingerprint density at radius 3 is 2.68 bits per heavy atom. The summed E-state index contributed by atoms with van der Waals surface area (Å²) in [5.41, 5.74) is 1.20. The van der Waals surface area contributed by atoms with Crippen molar-refractivity contribution in [1.29, 1.82) is 0 Å². The third-order valence-electron chi connectivity index (χ3n) is 3.61. The number of aromatic nitrogens is 2. The first-order valence-electron chi connectivity index (χ1n) is 7.03. The molecule has 1 aliphatic carbocycles. The van der Waals surface area contributed by atoms with Gasteiger partial charge in [-0.3, -0.25) is 0 Å². The molecule has 3 rings (SSSR count). The molecule has 2 aromatic rings. The maximum Gasteiger partial charge on any atom is 0.321 e. The van der Waals surface area contributed by atoms with Gasteiger partial charge in [0.1, 0.15) is 0 Å². The molecule has 4 nitrogen and oxygen atoms in total. The molecule has 1 aromatic carbocycles. The van der Waals surface area contributed by atoms with Crippen LogP contribution >= 0.6 is 0 Å². The Morgan fingerprint density at radius 2 is 1.89 bits per heavy atom. The molecule has 1 saturated carbocycles. The Bertz CT molecular complexity index is 503. The van der Waals surface area contributed by atoms with Crippen LogP contribution in [0.4, 0.5) is 6.01 Å². The van der Waals surface area contributed by atoms with Crippen molar-refractivity contribution in [2.45, 2.75) is 44.6 Å². The highest BCUT2D eigenvalue weighted by Crippen LogP contribution is 2.21. The molecule has 0 atom stereocenters. The molecule has 19 heavy (non-hydrogen) atoms. The molecule has 1 N–H and O–H groups in total. The zero-order chi connectivity index (χ0) is 12.9. The van der Waals surface area contributed by atoms with Crippen LogP contribution in [0.5, 0.6) is 0 Å². The summed E-state index contributed by atoms with van der Waals surface area (Å²) in [5, 5.41) is 7.38. The van der Waals surface area contributed by atoms with Crippen LogP contribution in [-0.4, -0.2) is 16.2 Å². The summed E-state index contributed by atoms with van der Waals surface area (Å²) in [6, 6.07) is 11.3. The molecule has 4 heteroatoms. The van der Waals surface area contributed by atoms with Gasteiger partial charge in [0.15, 0.2) is 5.82 Å². The standard InChI is InChI=1S/C15H19N3O/c1-3-7-12(8-4-1)11-14-17-15(19-18-14)16-13-9-5-2-6-10-13/h1,3-4,7-8,13H,2,5-6,9-11H2,(H,16,17,18). The zero-order valence-electron chi connectivity index (χ0n) is 11.0. The van der Waals surface area contributed by atoms with Crippen LogP contribution in [0.15, 0.2) is 34.9 Å². The number of benzene rings is 1. The van der Waals surface area contributed by atoms with Crippen molar-refractivity contribution in [3.8, 4) is 0 Å². The lowest BCUT2D eigenvalue weighted by Crippen LogP contribution is -2.22. The second-order valence-corrected chi connectivity index (χ2v) is 5.16. The Morgan fingerprint density at radius 1 is 1.11 bits per heavy atom. The van der Waals surface area contributed by atoms with Crippen LogP contribution in [0.2, 0.25) is 0 Å². The van der Waals surface area contributed by atoms with Gasteiger partial charge >= 0.3 is 6.01 Å². The minimum absolute atomic E-state index is 0.499. The van der Waals surface area contributed by atoms with Crippen LogP contribution in [0.3, 0.4) is 0 Å². The van der Waals surface area contributed by atoms with Gasteiger partial charge in [-0.2, -0.15) is 4.98 Å². The summed E-state index contributed by atoms with van der Waals surface area (Å²) in [6.07, 6.45) is 7.07. The summed E-state index contributed by atoms with van der Waals surface area (Å²) < 4.78 is 5.27. The van der Waals surface area contributed by atoms with Crippen molar-refractivity contribution < 1.29 is 4.52 Å². The van der Waals surface area contributed by atoms with Crippen LogP contribution in [-0.2, 0) is 6.42 Å².